The van der Waals surface area contributed by atoms with Gasteiger partial charge in [-0.05, 0) is 48.4 Å². The molecule has 0 aliphatic carbocycles. The summed E-state index contributed by atoms with van der Waals surface area (Å²) in [7, 11) is 0. The number of ether oxygens (including phenoxy) is 3. The Balaban J connectivity index is 1.39. The zero-order valence-corrected chi connectivity index (χ0v) is 21.8. The Bertz CT molecular complexity index is 1580. The lowest BCUT2D eigenvalue weighted by atomic mass is 10.1. The molecule has 1 aliphatic rings. The number of halogens is 2. The summed E-state index contributed by atoms with van der Waals surface area (Å²) in [6, 6.07) is 19.7. The number of esters is 2. The molecule has 2 heterocycles. The van der Waals surface area contributed by atoms with Crippen LogP contribution < -0.4 is 9.47 Å². The Labute approximate surface area is 226 Å². The molecule has 3 aromatic carbocycles. The van der Waals surface area contributed by atoms with Crippen LogP contribution in [0, 0.1) is 0 Å². The fourth-order valence-electron chi connectivity index (χ4n) is 3.73. The van der Waals surface area contributed by atoms with E-state index in [0.717, 1.165) is 15.6 Å². The maximum Gasteiger partial charge on any atom is 0.363 e. The second kappa shape index (κ2) is 10.8. The van der Waals surface area contributed by atoms with Crippen LogP contribution in [0.25, 0.3) is 16.2 Å². The van der Waals surface area contributed by atoms with Gasteiger partial charge >= 0.3 is 11.9 Å². The topological polar surface area (TPSA) is 74.2 Å². The molecule has 5 rings (SSSR count). The molecule has 0 unspecified atom stereocenters. The van der Waals surface area contributed by atoms with Crippen LogP contribution in [0.5, 0.6) is 11.5 Å². The summed E-state index contributed by atoms with van der Waals surface area (Å²) >= 11 is 14.0. The lowest BCUT2D eigenvalue weighted by Gasteiger charge is -2.11. The SMILES string of the molecule is CCOc1cc(/C=C2/N=C(c3sc4cc(Cl)ccc4c3Cl)OC2=O)ccc1OC(=O)Cc1ccccc1. The Kier molecular flexibility index (Phi) is 7.28. The van der Waals surface area contributed by atoms with Crippen molar-refractivity contribution in [1.29, 1.82) is 0 Å². The van der Waals surface area contributed by atoms with Gasteiger partial charge in [-0.3, -0.25) is 4.79 Å². The molecule has 186 valence electrons. The van der Waals surface area contributed by atoms with Crippen LogP contribution in [0.15, 0.2) is 77.4 Å². The van der Waals surface area contributed by atoms with Gasteiger partial charge < -0.3 is 14.2 Å². The molecule has 0 bridgehead atoms. The summed E-state index contributed by atoms with van der Waals surface area (Å²) in [5.74, 6) is -0.210. The number of thiophene rings is 1. The molecule has 37 heavy (non-hydrogen) atoms. The highest BCUT2D eigenvalue weighted by Gasteiger charge is 2.28. The average molecular weight is 552 g/mol. The second-order valence-corrected chi connectivity index (χ2v) is 9.86. The summed E-state index contributed by atoms with van der Waals surface area (Å²) < 4.78 is 17.5. The van der Waals surface area contributed by atoms with E-state index in [9.17, 15) is 9.59 Å². The number of benzene rings is 3. The third kappa shape index (κ3) is 5.54. The van der Waals surface area contributed by atoms with E-state index >= 15 is 0 Å². The van der Waals surface area contributed by atoms with E-state index in [0.29, 0.717) is 38.6 Å². The monoisotopic (exact) mass is 551 g/mol. The van der Waals surface area contributed by atoms with Crippen LogP contribution in [0.2, 0.25) is 10.0 Å². The van der Waals surface area contributed by atoms with Crippen LogP contribution in [-0.2, 0) is 20.7 Å². The van der Waals surface area contributed by atoms with Crippen molar-refractivity contribution in [2.75, 3.05) is 6.61 Å². The second-order valence-electron chi connectivity index (χ2n) is 8.00. The van der Waals surface area contributed by atoms with Crippen molar-refractivity contribution in [2.24, 2.45) is 4.99 Å². The molecule has 1 aliphatic heterocycles. The van der Waals surface area contributed by atoms with Gasteiger partial charge in [0.15, 0.2) is 17.2 Å². The first kappa shape index (κ1) is 25.0. The third-order valence-corrected chi connectivity index (χ3v) is 7.27. The summed E-state index contributed by atoms with van der Waals surface area (Å²) in [5.41, 5.74) is 1.58. The number of carbonyl (C=O) groups is 2. The maximum absolute atomic E-state index is 12.6. The molecular formula is C28H19Cl2NO5S. The summed E-state index contributed by atoms with van der Waals surface area (Å²) in [6.07, 6.45) is 1.71. The van der Waals surface area contributed by atoms with Gasteiger partial charge in [0, 0.05) is 15.1 Å². The molecule has 1 aromatic heterocycles. The van der Waals surface area contributed by atoms with Crippen molar-refractivity contribution < 1.29 is 23.8 Å². The van der Waals surface area contributed by atoms with Gasteiger partial charge in [-0.25, -0.2) is 9.79 Å². The van der Waals surface area contributed by atoms with Crippen LogP contribution in [0.3, 0.4) is 0 Å². The number of nitrogens with zero attached hydrogens (tertiary/aromatic N) is 1. The minimum Gasteiger partial charge on any atom is -0.490 e. The van der Waals surface area contributed by atoms with Gasteiger partial charge in [-0.2, -0.15) is 0 Å². The number of cyclic esters (lactones) is 1. The van der Waals surface area contributed by atoms with Crippen molar-refractivity contribution in [3.63, 3.8) is 0 Å². The molecule has 0 saturated heterocycles. The van der Waals surface area contributed by atoms with Crippen molar-refractivity contribution in [3.05, 3.63) is 98.5 Å². The largest absolute Gasteiger partial charge is 0.490 e. The standard InChI is InChI=1S/C28H19Cl2NO5S/c1-2-34-22-13-17(8-11-21(22)35-24(32)14-16-6-4-3-5-7-16)12-20-28(33)36-27(31-20)26-25(30)19-10-9-18(29)15-23(19)37-26/h3-13,15H,2,14H2,1H3/b20-12+. The zero-order valence-electron chi connectivity index (χ0n) is 19.5. The average Bonchev–Trinajstić information content (AvgIpc) is 3.40. The smallest absolute Gasteiger partial charge is 0.363 e. The number of rotatable bonds is 7. The summed E-state index contributed by atoms with van der Waals surface area (Å²) in [6.45, 7) is 2.19. The molecule has 0 radical (unpaired) electrons. The Morgan fingerprint density at radius 2 is 1.86 bits per heavy atom. The van der Waals surface area contributed by atoms with Gasteiger partial charge in [0.05, 0.1) is 18.1 Å². The number of hydrogen-bond acceptors (Lipinski definition) is 7. The number of carbonyl (C=O) groups excluding carboxylic acids is 2. The molecule has 6 nitrogen and oxygen atoms in total. The molecule has 0 N–H and O–H groups in total. The summed E-state index contributed by atoms with van der Waals surface area (Å²) in [4.78, 5) is 29.9. The normalized spacial score (nSPS) is 14.1. The lowest BCUT2D eigenvalue weighted by Crippen LogP contribution is -2.12. The van der Waals surface area contributed by atoms with Gasteiger partial charge in [-0.1, -0.05) is 65.7 Å². The quantitative estimate of drug-likeness (QED) is 0.139. The molecular weight excluding hydrogens is 533 g/mol. The number of hydrogen-bond donors (Lipinski definition) is 0. The van der Waals surface area contributed by atoms with Crippen molar-refractivity contribution in [2.45, 2.75) is 13.3 Å². The predicted octanol–water partition coefficient (Wildman–Crippen LogP) is 7.10. The first-order valence-electron chi connectivity index (χ1n) is 11.3. The molecule has 0 spiro atoms. The number of aliphatic imine (C=N–C) groups is 1. The molecule has 0 fully saturated rings. The first-order chi connectivity index (χ1) is 17.9. The molecule has 0 saturated carbocycles. The van der Waals surface area contributed by atoms with Crippen LogP contribution in [0.1, 0.15) is 22.9 Å². The van der Waals surface area contributed by atoms with Gasteiger partial charge in [0.1, 0.15) is 4.88 Å². The number of fused-ring (bicyclic) bond motifs is 1. The van der Waals surface area contributed by atoms with Gasteiger partial charge in [0.2, 0.25) is 5.90 Å². The first-order valence-corrected chi connectivity index (χ1v) is 12.9. The third-order valence-electron chi connectivity index (χ3n) is 5.39. The lowest BCUT2D eigenvalue weighted by molar-refractivity contribution is -0.133. The highest BCUT2D eigenvalue weighted by molar-refractivity contribution is 7.21. The fourth-order valence-corrected chi connectivity index (χ4v) is 5.44. The maximum atomic E-state index is 12.6. The van der Waals surface area contributed by atoms with Gasteiger partial charge in [-0.15, -0.1) is 11.3 Å². The highest BCUT2D eigenvalue weighted by Crippen LogP contribution is 2.39. The summed E-state index contributed by atoms with van der Waals surface area (Å²) in [5, 5.41) is 1.84. The van der Waals surface area contributed by atoms with E-state index in [1.165, 1.54) is 11.3 Å². The molecule has 4 aromatic rings. The molecule has 0 atom stereocenters. The molecule has 9 heteroatoms. The Hall–Kier alpha value is -3.65. The van der Waals surface area contributed by atoms with Crippen LogP contribution in [0.4, 0.5) is 0 Å². The minimum atomic E-state index is -0.599. The van der Waals surface area contributed by atoms with E-state index in [4.69, 9.17) is 37.4 Å². The molecule has 0 amide bonds. The minimum absolute atomic E-state index is 0.109. The van der Waals surface area contributed by atoms with Gasteiger partial charge in [0.25, 0.3) is 0 Å². The van der Waals surface area contributed by atoms with Crippen molar-refractivity contribution in [1.82, 2.24) is 0 Å². The van der Waals surface area contributed by atoms with Crippen molar-refractivity contribution in [3.8, 4) is 11.5 Å². The predicted molar refractivity (Wildman–Crippen MR) is 146 cm³/mol. The Morgan fingerprint density at radius 3 is 2.65 bits per heavy atom. The van der Waals surface area contributed by atoms with E-state index in [1.54, 1.807) is 36.4 Å². The Morgan fingerprint density at radius 1 is 1.05 bits per heavy atom. The van der Waals surface area contributed by atoms with Crippen LogP contribution in [-0.4, -0.2) is 24.4 Å². The fraction of sp³-hybridized carbons (Fsp3) is 0.107. The van der Waals surface area contributed by atoms with Crippen LogP contribution >= 0.6 is 34.5 Å². The van der Waals surface area contributed by atoms with E-state index in [-0.39, 0.29) is 18.0 Å². The van der Waals surface area contributed by atoms with E-state index < -0.39 is 11.9 Å². The van der Waals surface area contributed by atoms with Crippen molar-refractivity contribution >= 4 is 68.5 Å². The van der Waals surface area contributed by atoms with E-state index in [2.05, 4.69) is 4.99 Å². The highest BCUT2D eigenvalue weighted by atomic mass is 35.5. The zero-order chi connectivity index (χ0) is 25.9. The van der Waals surface area contributed by atoms with E-state index in [1.807, 2.05) is 43.3 Å².